The number of nitrogens with one attached hydrogen (secondary N) is 2. The van der Waals surface area contributed by atoms with Crippen LogP contribution in [-0.4, -0.2) is 71.5 Å². The van der Waals surface area contributed by atoms with Gasteiger partial charge in [0.25, 0.3) is 17.2 Å². The van der Waals surface area contributed by atoms with Crippen molar-refractivity contribution in [2.45, 2.75) is 57.7 Å². The van der Waals surface area contributed by atoms with Crippen molar-refractivity contribution in [3.05, 3.63) is 51.8 Å². The smallest absolute Gasteiger partial charge is 0.407 e. The Hall–Kier alpha value is -3.13. The van der Waals surface area contributed by atoms with Crippen molar-refractivity contribution < 1.29 is 23.1 Å². The van der Waals surface area contributed by atoms with Crippen LogP contribution >= 0.6 is 23.2 Å². The van der Waals surface area contributed by atoms with Crippen LogP contribution in [0, 0.1) is 0 Å². The number of nitrogens with zero attached hydrogens (tertiary/aromatic N) is 5. The standard InChI is InChI=1S/C26H31Cl2N7O5S/c1-26(2,3)40-25(37)29-16-13-33(14-16)23-12-21(28)30-22-11-19(31-35(22)23)20-6-4-5-9-34(20)24(36)17-10-15(27)7-8-18(17)32-41(38)39/h7-8,10-12,16,20,32H,4-6,9,13-14H2,1-3H3,(H,29,37)(H,38,39)/t20-/m0/s1. The van der Waals surface area contributed by atoms with E-state index in [0.717, 1.165) is 12.8 Å². The van der Waals surface area contributed by atoms with Crippen LogP contribution in [0.15, 0.2) is 30.3 Å². The second-order valence-electron chi connectivity index (χ2n) is 11.1. The van der Waals surface area contributed by atoms with Gasteiger partial charge in [-0.05, 0) is 58.2 Å². The largest absolute Gasteiger partial charge is 0.444 e. The molecule has 0 saturated carbocycles. The Morgan fingerprint density at radius 3 is 2.61 bits per heavy atom. The highest BCUT2D eigenvalue weighted by atomic mass is 35.5. The number of anilines is 2. The van der Waals surface area contributed by atoms with Crippen LogP contribution in [0.5, 0.6) is 0 Å². The summed E-state index contributed by atoms with van der Waals surface area (Å²) in [5.74, 6) is 0.390. The second kappa shape index (κ2) is 11.6. The van der Waals surface area contributed by atoms with Gasteiger partial charge in [-0.3, -0.25) is 14.1 Å². The number of carbonyl (C=O) groups excluding carboxylic acids is 2. The van der Waals surface area contributed by atoms with Crippen LogP contribution in [0.3, 0.4) is 0 Å². The number of amides is 2. The Balaban J connectivity index is 1.39. The summed E-state index contributed by atoms with van der Waals surface area (Å²) >= 11 is 10.2. The molecule has 0 spiro atoms. The number of hydrogen-bond donors (Lipinski definition) is 3. The van der Waals surface area contributed by atoms with Gasteiger partial charge in [0.15, 0.2) is 5.65 Å². The first-order chi connectivity index (χ1) is 19.4. The lowest BCUT2D eigenvalue weighted by molar-refractivity contribution is 0.0495. The number of carbonyl (C=O) groups is 2. The average Bonchev–Trinajstić information content (AvgIpc) is 3.29. The van der Waals surface area contributed by atoms with Crippen LogP contribution in [0.4, 0.5) is 16.3 Å². The van der Waals surface area contributed by atoms with Gasteiger partial charge < -0.3 is 19.9 Å². The van der Waals surface area contributed by atoms with Gasteiger partial charge in [-0.2, -0.15) is 9.61 Å². The normalized spacial score (nSPS) is 18.6. The van der Waals surface area contributed by atoms with E-state index in [0.29, 0.717) is 53.4 Å². The summed E-state index contributed by atoms with van der Waals surface area (Å²) in [7, 11) is 0. The minimum atomic E-state index is -2.36. The molecule has 2 aliphatic rings. The third-order valence-corrected chi connectivity index (χ3v) is 7.66. The van der Waals surface area contributed by atoms with Crippen molar-refractivity contribution in [1.29, 1.82) is 0 Å². The molecule has 2 aliphatic heterocycles. The van der Waals surface area contributed by atoms with E-state index in [-0.39, 0.29) is 29.2 Å². The third kappa shape index (κ3) is 6.69. The first-order valence-electron chi connectivity index (χ1n) is 13.2. The molecule has 4 heterocycles. The van der Waals surface area contributed by atoms with Crippen molar-refractivity contribution in [2.24, 2.45) is 0 Å². The summed E-state index contributed by atoms with van der Waals surface area (Å²) < 4.78 is 30.3. The van der Waals surface area contributed by atoms with Crippen molar-refractivity contribution in [1.82, 2.24) is 24.8 Å². The molecule has 2 saturated heterocycles. The van der Waals surface area contributed by atoms with Gasteiger partial charge in [-0.25, -0.2) is 14.0 Å². The molecule has 3 aromatic rings. The molecule has 41 heavy (non-hydrogen) atoms. The van der Waals surface area contributed by atoms with Gasteiger partial charge in [0.05, 0.1) is 29.0 Å². The number of hydrogen-bond acceptors (Lipinski definition) is 7. The molecule has 5 rings (SSSR count). The van der Waals surface area contributed by atoms with Crippen LogP contribution in [0.1, 0.15) is 62.1 Å². The van der Waals surface area contributed by atoms with E-state index in [1.54, 1.807) is 21.5 Å². The fourth-order valence-corrected chi connectivity index (χ4v) is 5.80. The molecule has 0 aliphatic carbocycles. The molecular formula is C26H31Cl2N7O5S. The van der Waals surface area contributed by atoms with E-state index in [1.165, 1.54) is 12.1 Å². The van der Waals surface area contributed by atoms with Gasteiger partial charge >= 0.3 is 6.09 Å². The Morgan fingerprint density at radius 1 is 1.15 bits per heavy atom. The van der Waals surface area contributed by atoms with E-state index in [4.69, 9.17) is 33.0 Å². The molecule has 0 radical (unpaired) electrons. The third-order valence-electron chi connectivity index (χ3n) is 6.84. The molecule has 2 atom stereocenters. The van der Waals surface area contributed by atoms with Crippen molar-refractivity contribution in [3.8, 4) is 0 Å². The Kier molecular flexibility index (Phi) is 8.33. The zero-order valence-corrected chi connectivity index (χ0v) is 25.1. The van der Waals surface area contributed by atoms with E-state index >= 15 is 0 Å². The molecule has 220 valence electrons. The van der Waals surface area contributed by atoms with Gasteiger partial charge in [-0.15, -0.1) is 0 Å². The Bertz CT molecular complexity index is 1510. The molecule has 2 amide bonds. The van der Waals surface area contributed by atoms with Crippen molar-refractivity contribution in [2.75, 3.05) is 29.3 Å². The molecule has 1 unspecified atom stereocenters. The highest BCUT2D eigenvalue weighted by Gasteiger charge is 2.34. The summed E-state index contributed by atoms with van der Waals surface area (Å²) in [4.78, 5) is 34.1. The molecule has 15 heteroatoms. The number of piperidine rings is 1. The number of alkyl carbamates (subject to hydrolysis) is 1. The maximum absolute atomic E-state index is 13.8. The van der Waals surface area contributed by atoms with Crippen LogP contribution in [0.25, 0.3) is 5.65 Å². The average molecular weight is 625 g/mol. The Morgan fingerprint density at radius 2 is 1.90 bits per heavy atom. The zero-order valence-electron chi connectivity index (χ0n) is 22.8. The summed E-state index contributed by atoms with van der Waals surface area (Å²) in [6.45, 7) is 7.00. The number of benzene rings is 1. The van der Waals surface area contributed by atoms with Crippen LogP contribution in [-0.2, 0) is 16.0 Å². The van der Waals surface area contributed by atoms with E-state index in [2.05, 4.69) is 15.0 Å². The highest BCUT2D eigenvalue weighted by molar-refractivity contribution is 7.80. The summed E-state index contributed by atoms with van der Waals surface area (Å²) in [6.07, 6.45) is 1.92. The molecule has 3 N–H and O–H groups in total. The topological polar surface area (TPSA) is 141 Å². The maximum atomic E-state index is 13.8. The predicted octanol–water partition coefficient (Wildman–Crippen LogP) is 4.67. The second-order valence-corrected chi connectivity index (χ2v) is 12.6. The highest BCUT2D eigenvalue weighted by Crippen LogP contribution is 2.35. The SMILES string of the molecule is CC(C)(C)OC(=O)NC1CN(c2cc(Cl)nc3cc([C@@H]4CCCCN4C(=O)c4cc(Cl)ccc4NS(=O)O)nn23)C1. The van der Waals surface area contributed by atoms with Gasteiger partial charge in [0.2, 0.25) is 0 Å². The van der Waals surface area contributed by atoms with E-state index in [9.17, 15) is 18.4 Å². The molecular weight excluding hydrogens is 593 g/mol. The lowest BCUT2D eigenvalue weighted by Gasteiger charge is -2.41. The van der Waals surface area contributed by atoms with E-state index in [1.807, 2.05) is 31.7 Å². The monoisotopic (exact) mass is 623 g/mol. The molecule has 2 aromatic heterocycles. The number of rotatable bonds is 6. The lowest BCUT2D eigenvalue weighted by atomic mass is 9.98. The zero-order chi connectivity index (χ0) is 29.5. The minimum Gasteiger partial charge on any atom is -0.444 e. The number of fused-ring (bicyclic) bond motifs is 1. The first-order valence-corrected chi connectivity index (χ1v) is 15.0. The van der Waals surface area contributed by atoms with Gasteiger partial charge in [0, 0.05) is 36.8 Å². The summed E-state index contributed by atoms with van der Waals surface area (Å²) in [5.41, 5.74) is 1.01. The van der Waals surface area contributed by atoms with Crippen LogP contribution < -0.4 is 14.9 Å². The fraction of sp³-hybridized carbons (Fsp3) is 0.462. The molecule has 0 bridgehead atoms. The Labute approximate surface area is 249 Å². The minimum absolute atomic E-state index is 0.0953. The van der Waals surface area contributed by atoms with Crippen LogP contribution in [0.2, 0.25) is 10.2 Å². The molecule has 2 fully saturated rings. The first kappa shape index (κ1) is 29.4. The quantitative estimate of drug-likeness (QED) is 0.266. The van der Waals surface area contributed by atoms with Gasteiger partial charge in [0.1, 0.15) is 16.6 Å². The number of likely N-dealkylation sites (tertiary alicyclic amines) is 1. The number of aromatic nitrogens is 3. The maximum Gasteiger partial charge on any atom is 0.407 e. The van der Waals surface area contributed by atoms with Crippen molar-refractivity contribution in [3.63, 3.8) is 0 Å². The summed E-state index contributed by atoms with van der Waals surface area (Å²) in [5, 5.41) is 8.35. The lowest BCUT2D eigenvalue weighted by Crippen LogP contribution is -2.60. The number of ether oxygens (including phenoxy) is 1. The molecule has 1 aromatic carbocycles. The van der Waals surface area contributed by atoms with Gasteiger partial charge in [-0.1, -0.05) is 23.2 Å². The van der Waals surface area contributed by atoms with E-state index < -0.39 is 23.0 Å². The van der Waals surface area contributed by atoms with Crippen molar-refractivity contribution >= 4 is 63.6 Å². The number of halogens is 2. The fourth-order valence-electron chi connectivity index (χ4n) is 5.08. The predicted molar refractivity (Wildman–Crippen MR) is 157 cm³/mol. The summed E-state index contributed by atoms with van der Waals surface area (Å²) in [6, 6.07) is 7.63. The molecule has 12 nitrogen and oxygen atoms in total.